The van der Waals surface area contributed by atoms with Gasteiger partial charge in [0, 0.05) is 22.7 Å². The Morgan fingerprint density at radius 3 is 2.69 bits per heavy atom. The number of aromatic hydroxyl groups is 1. The maximum atomic E-state index is 13.8. The van der Waals surface area contributed by atoms with Crippen LogP contribution in [0.15, 0.2) is 63.8 Å². The fourth-order valence-corrected chi connectivity index (χ4v) is 2.92. The summed E-state index contributed by atoms with van der Waals surface area (Å²) in [5.41, 5.74) is 0.592. The number of fused-ring (bicyclic) bond motifs is 2. The average Bonchev–Trinajstić information content (AvgIpc) is 2.61. The zero-order chi connectivity index (χ0) is 18.3. The minimum Gasteiger partial charge on any atom is -0.507 e. The van der Waals surface area contributed by atoms with E-state index in [1.165, 1.54) is 24.3 Å². The molecule has 0 unspecified atom stereocenters. The first kappa shape index (κ1) is 16.4. The lowest BCUT2D eigenvalue weighted by Crippen LogP contribution is -2.03. The Bertz CT molecular complexity index is 1200. The summed E-state index contributed by atoms with van der Waals surface area (Å²) in [7, 11) is 0. The summed E-state index contributed by atoms with van der Waals surface area (Å²) in [6, 6.07) is 13.9. The predicted octanol–water partition coefficient (Wildman–Crippen LogP) is 5.02. The molecular weight excluding hydrogens is 359 g/mol. The fraction of sp³-hybridized carbons (Fsp3) is 0.0500. The van der Waals surface area contributed by atoms with Crippen molar-refractivity contribution in [3.05, 3.63) is 81.2 Å². The Morgan fingerprint density at radius 1 is 1.08 bits per heavy atom. The van der Waals surface area contributed by atoms with Crippen molar-refractivity contribution >= 4 is 33.5 Å². The Labute approximate surface area is 152 Å². The predicted molar refractivity (Wildman–Crippen MR) is 97.4 cm³/mol. The van der Waals surface area contributed by atoms with Crippen molar-refractivity contribution in [2.45, 2.75) is 6.61 Å². The molecule has 4 nitrogen and oxygen atoms in total. The molecule has 4 aromatic rings. The second kappa shape index (κ2) is 6.35. The Balaban J connectivity index is 1.75. The van der Waals surface area contributed by atoms with Gasteiger partial charge in [-0.1, -0.05) is 29.8 Å². The Morgan fingerprint density at radius 2 is 1.88 bits per heavy atom. The third-order valence-corrected chi connectivity index (χ3v) is 4.28. The molecule has 130 valence electrons. The second-order valence-corrected chi connectivity index (χ2v) is 6.20. The van der Waals surface area contributed by atoms with E-state index in [-0.39, 0.29) is 34.5 Å². The van der Waals surface area contributed by atoms with Gasteiger partial charge in [0.05, 0.1) is 5.39 Å². The summed E-state index contributed by atoms with van der Waals surface area (Å²) in [4.78, 5) is 12.6. The summed E-state index contributed by atoms with van der Waals surface area (Å²) in [5, 5.41) is 11.0. The first-order valence-corrected chi connectivity index (χ1v) is 8.16. The van der Waals surface area contributed by atoms with Crippen molar-refractivity contribution in [1.82, 2.24) is 0 Å². The highest BCUT2D eigenvalue weighted by atomic mass is 35.5. The molecule has 1 aromatic heterocycles. The van der Waals surface area contributed by atoms with Crippen LogP contribution < -0.4 is 10.2 Å². The lowest BCUT2D eigenvalue weighted by Gasteiger charge is -2.10. The number of para-hydroxylation sites is 1. The van der Waals surface area contributed by atoms with Gasteiger partial charge in [0.25, 0.3) is 0 Å². The van der Waals surface area contributed by atoms with Gasteiger partial charge in [-0.2, -0.15) is 0 Å². The van der Waals surface area contributed by atoms with Crippen molar-refractivity contribution in [2.24, 2.45) is 0 Å². The van der Waals surface area contributed by atoms with Gasteiger partial charge in [-0.05, 0) is 24.3 Å². The number of hydrogen-bond donors (Lipinski definition) is 1. The van der Waals surface area contributed by atoms with Crippen LogP contribution in [0, 0.1) is 5.82 Å². The van der Waals surface area contributed by atoms with Gasteiger partial charge in [-0.15, -0.1) is 0 Å². The molecule has 4 rings (SSSR count). The van der Waals surface area contributed by atoms with Crippen LogP contribution in [0.4, 0.5) is 4.39 Å². The van der Waals surface area contributed by atoms with Crippen LogP contribution in [0.3, 0.4) is 0 Å². The lowest BCUT2D eigenvalue weighted by atomic mass is 10.1. The first-order chi connectivity index (χ1) is 12.5. The third-order valence-electron chi connectivity index (χ3n) is 4.04. The molecule has 1 heterocycles. The smallest absolute Gasteiger partial charge is 0.204 e. The fourth-order valence-electron chi connectivity index (χ4n) is 2.76. The van der Waals surface area contributed by atoms with E-state index in [0.717, 1.165) is 0 Å². The molecule has 0 amide bonds. The minimum atomic E-state index is -0.486. The molecule has 0 aliphatic rings. The van der Waals surface area contributed by atoms with Gasteiger partial charge in [0.15, 0.2) is 0 Å². The van der Waals surface area contributed by atoms with Crippen LogP contribution in [-0.4, -0.2) is 5.11 Å². The van der Waals surface area contributed by atoms with Crippen molar-refractivity contribution < 1.29 is 18.7 Å². The van der Waals surface area contributed by atoms with Crippen LogP contribution in [0.1, 0.15) is 5.56 Å². The SMILES string of the molecule is O=c1c2ccccc2oc2cc(OCc3ccc(Cl)cc3F)cc(O)c12. The van der Waals surface area contributed by atoms with Crippen molar-refractivity contribution in [1.29, 1.82) is 0 Å². The monoisotopic (exact) mass is 370 g/mol. The van der Waals surface area contributed by atoms with Crippen LogP contribution in [0.2, 0.25) is 5.02 Å². The highest BCUT2D eigenvalue weighted by Gasteiger charge is 2.14. The van der Waals surface area contributed by atoms with Crippen LogP contribution >= 0.6 is 11.6 Å². The molecule has 3 aromatic carbocycles. The molecule has 0 fully saturated rings. The summed E-state index contributed by atoms with van der Waals surface area (Å²) in [5.74, 6) is -0.489. The molecule has 0 atom stereocenters. The molecular formula is C20H12ClFO4. The molecule has 0 saturated heterocycles. The van der Waals surface area contributed by atoms with Gasteiger partial charge in [-0.3, -0.25) is 4.79 Å². The normalized spacial score (nSPS) is 11.2. The largest absolute Gasteiger partial charge is 0.507 e. The van der Waals surface area contributed by atoms with E-state index >= 15 is 0 Å². The average molecular weight is 371 g/mol. The standard InChI is InChI=1S/C20H12ClFO4/c21-12-6-5-11(15(22)7-12)10-25-13-8-16(23)19-18(9-13)26-17-4-2-1-3-14(17)20(19)24/h1-9,23H,10H2. The van der Waals surface area contributed by atoms with Crippen molar-refractivity contribution in [2.75, 3.05) is 0 Å². The zero-order valence-electron chi connectivity index (χ0n) is 13.3. The van der Waals surface area contributed by atoms with E-state index in [1.54, 1.807) is 30.3 Å². The summed E-state index contributed by atoms with van der Waals surface area (Å²) >= 11 is 5.73. The van der Waals surface area contributed by atoms with Gasteiger partial charge in [0.2, 0.25) is 5.43 Å². The molecule has 6 heteroatoms. The highest BCUT2D eigenvalue weighted by Crippen LogP contribution is 2.31. The van der Waals surface area contributed by atoms with E-state index in [0.29, 0.717) is 21.6 Å². The van der Waals surface area contributed by atoms with Gasteiger partial charge in [0.1, 0.15) is 40.5 Å². The van der Waals surface area contributed by atoms with E-state index in [2.05, 4.69) is 0 Å². The van der Waals surface area contributed by atoms with Crippen molar-refractivity contribution in [3.63, 3.8) is 0 Å². The second-order valence-electron chi connectivity index (χ2n) is 5.77. The lowest BCUT2D eigenvalue weighted by molar-refractivity contribution is 0.298. The van der Waals surface area contributed by atoms with E-state index < -0.39 is 5.82 Å². The summed E-state index contributed by atoms with van der Waals surface area (Å²) in [6.45, 7) is -0.0637. The Kier molecular flexibility index (Phi) is 4.01. The van der Waals surface area contributed by atoms with Crippen LogP contribution in [0.25, 0.3) is 21.9 Å². The topological polar surface area (TPSA) is 59.7 Å². The number of ether oxygens (including phenoxy) is 1. The highest BCUT2D eigenvalue weighted by molar-refractivity contribution is 6.30. The molecule has 0 saturated carbocycles. The van der Waals surface area contributed by atoms with E-state index in [1.807, 2.05) is 0 Å². The third kappa shape index (κ3) is 2.86. The maximum Gasteiger partial charge on any atom is 0.204 e. The van der Waals surface area contributed by atoms with Crippen LogP contribution in [0.5, 0.6) is 11.5 Å². The number of halogens is 2. The number of rotatable bonds is 3. The zero-order valence-corrected chi connectivity index (χ0v) is 14.1. The first-order valence-electron chi connectivity index (χ1n) is 7.78. The van der Waals surface area contributed by atoms with Crippen molar-refractivity contribution in [3.8, 4) is 11.5 Å². The van der Waals surface area contributed by atoms with Crippen LogP contribution in [-0.2, 0) is 6.61 Å². The summed E-state index contributed by atoms with van der Waals surface area (Å²) in [6.07, 6.45) is 0. The molecule has 0 radical (unpaired) electrons. The van der Waals surface area contributed by atoms with Gasteiger partial charge in [-0.25, -0.2) is 4.39 Å². The van der Waals surface area contributed by atoms with E-state index in [9.17, 15) is 14.3 Å². The molecule has 26 heavy (non-hydrogen) atoms. The molecule has 0 aliphatic carbocycles. The number of hydrogen-bond acceptors (Lipinski definition) is 4. The molecule has 0 bridgehead atoms. The van der Waals surface area contributed by atoms with Gasteiger partial charge < -0.3 is 14.3 Å². The minimum absolute atomic E-state index is 0.0637. The van der Waals surface area contributed by atoms with Gasteiger partial charge >= 0.3 is 0 Å². The molecule has 1 N–H and O–H groups in total. The molecule has 0 spiro atoms. The van der Waals surface area contributed by atoms with E-state index in [4.69, 9.17) is 20.8 Å². The molecule has 0 aliphatic heterocycles. The maximum absolute atomic E-state index is 13.8. The number of phenols is 1. The quantitative estimate of drug-likeness (QED) is 0.514. The number of phenolic OH excluding ortho intramolecular Hbond substituents is 1. The Hall–Kier alpha value is -3.05. The summed E-state index contributed by atoms with van der Waals surface area (Å²) < 4.78 is 25.1. The number of benzene rings is 3.